The van der Waals surface area contributed by atoms with Crippen molar-refractivity contribution in [2.24, 2.45) is 5.41 Å². The first-order chi connectivity index (χ1) is 9.60. The van der Waals surface area contributed by atoms with Crippen molar-refractivity contribution in [1.29, 1.82) is 0 Å². The quantitative estimate of drug-likeness (QED) is 0.618. The number of rotatable bonds is 6. The van der Waals surface area contributed by atoms with Crippen molar-refractivity contribution in [2.45, 2.75) is 25.7 Å². The fraction of sp³-hybridized carbons (Fsp3) is 0.571. The van der Waals surface area contributed by atoms with E-state index >= 15 is 0 Å². The van der Waals surface area contributed by atoms with Gasteiger partial charge < -0.3 is 15.2 Å². The summed E-state index contributed by atoms with van der Waals surface area (Å²) < 4.78 is 5.01. The average Bonchev–Trinajstić information content (AvgIpc) is 2.94. The molecule has 6 nitrogen and oxygen atoms in total. The first-order valence-corrected chi connectivity index (χ1v) is 6.77. The average molecular weight is 280 g/mol. The summed E-state index contributed by atoms with van der Waals surface area (Å²) in [5, 5.41) is 23.8. The SMILES string of the molecule is COc1ccc(NCC2(CO)CCCC2)c([N+](=O)[O-])c1. The number of aliphatic hydroxyl groups is 1. The molecule has 0 spiro atoms. The maximum Gasteiger partial charge on any atom is 0.296 e. The summed E-state index contributed by atoms with van der Waals surface area (Å²) >= 11 is 0. The highest BCUT2D eigenvalue weighted by atomic mass is 16.6. The smallest absolute Gasteiger partial charge is 0.296 e. The van der Waals surface area contributed by atoms with Crippen LogP contribution in [0.3, 0.4) is 0 Å². The number of aliphatic hydroxyl groups excluding tert-OH is 1. The summed E-state index contributed by atoms with van der Waals surface area (Å²) in [6.07, 6.45) is 4.13. The minimum Gasteiger partial charge on any atom is -0.496 e. The molecule has 2 rings (SSSR count). The topological polar surface area (TPSA) is 84.6 Å². The summed E-state index contributed by atoms with van der Waals surface area (Å²) in [5.41, 5.74) is 0.319. The fourth-order valence-corrected chi connectivity index (χ4v) is 2.74. The summed E-state index contributed by atoms with van der Waals surface area (Å²) in [6, 6.07) is 4.75. The van der Waals surface area contributed by atoms with Crippen LogP contribution in [0.25, 0.3) is 0 Å². The zero-order valence-electron chi connectivity index (χ0n) is 11.6. The first kappa shape index (κ1) is 14.6. The zero-order chi connectivity index (χ0) is 14.6. The molecule has 0 atom stereocenters. The van der Waals surface area contributed by atoms with Gasteiger partial charge in [-0.3, -0.25) is 10.1 Å². The second kappa shape index (κ2) is 6.09. The van der Waals surface area contributed by atoms with Crippen LogP contribution in [0.1, 0.15) is 25.7 Å². The number of anilines is 1. The third-order valence-corrected chi connectivity index (χ3v) is 4.06. The molecule has 1 fully saturated rings. The summed E-state index contributed by atoms with van der Waals surface area (Å²) in [4.78, 5) is 10.7. The molecule has 0 radical (unpaired) electrons. The van der Waals surface area contributed by atoms with Crippen LogP contribution >= 0.6 is 0 Å². The van der Waals surface area contributed by atoms with Crippen LogP contribution in [-0.2, 0) is 0 Å². The molecule has 110 valence electrons. The predicted molar refractivity (Wildman–Crippen MR) is 76.1 cm³/mol. The molecule has 0 amide bonds. The maximum atomic E-state index is 11.1. The molecular weight excluding hydrogens is 260 g/mol. The Labute approximate surface area is 117 Å². The highest BCUT2D eigenvalue weighted by molar-refractivity contribution is 5.64. The number of nitro groups is 1. The molecule has 1 aromatic carbocycles. The third-order valence-electron chi connectivity index (χ3n) is 4.06. The number of hydrogen-bond donors (Lipinski definition) is 2. The molecule has 2 N–H and O–H groups in total. The molecule has 0 aliphatic heterocycles. The van der Waals surface area contributed by atoms with Crippen molar-refractivity contribution < 1.29 is 14.8 Å². The highest BCUT2D eigenvalue weighted by Crippen LogP contribution is 2.38. The van der Waals surface area contributed by atoms with Gasteiger partial charge in [-0.2, -0.15) is 0 Å². The summed E-state index contributed by atoms with van der Waals surface area (Å²) in [5.74, 6) is 0.458. The molecular formula is C14H20N2O4. The second-order valence-corrected chi connectivity index (χ2v) is 5.36. The lowest BCUT2D eigenvalue weighted by Crippen LogP contribution is -2.30. The number of benzene rings is 1. The summed E-state index contributed by atoms with van der Waals surface area (Å²) in [6.45, 7) is 0.667. The largest absolute Gasteiger partial charge is 0.496 e. The number of nitrogens with zero attached hydrogens (tertiary/aromatic N) is 1. The molecule has 1 aromatic rings. The van der Waals surface area contributed by atoms with Crippen LogP contribution < -0.4 is 10.1 Å². The van der Waals surface area contributed by atoms with Crippen molar-refractivity contribution in [2.75, 3.05) is 25.6 Å². The van der Waals surface area contributed by atoms with E-state index in [1.165, 1.54) is 13.2 Å². The maximum absolute atomic E-state index is 11.1. The number of nitro benzene ring substituents is 1. The molecule has 0 aromatic heterocycles. The molecule has 0 unspecified atom stereocenters. The van der Waals surface area contributed by atoms with Crippen LogP contribution in [0.4, 0.5) is 11.4 Å². The third kappa shape index (κ3) is 3.01. The van der Waals surface area contributed by atoms with E-state index in [1.807, 2.05) is 0 Å². The molecule has 20 heavy (non-hydrogen) atoms. The van der Waals surface area contributed by atoms with E-state index < -0.39 is 4.92 Å². The molecule has 6 heteroatoms. The van der Waals surface area contributed by atoms with Gasteiger partial charge in [-0.05, 0) is 25.0 Å². The molecule has 0 saturated heterocycles. The van der Waals surface area contributed by atoms with Crippen LogP contribution in [0.2, 0.25) is 0 Å². The van der Waals surface area contributed by atoms with Gasteiger partial charge in [0.15, 0.2) is 0 Å². The van der Waals surface area contributed by atoms with Crippen molar-refractivity contribution in [1.82, 2.24) is 0 Å². The Morgan fingerprint density at radius 3 is 2.70 bits per heavy atom. The van der Waals surface area contributed by atoms with E-state index in [0.29, 0.717) is 18.0 Å². The molecule has 1 saturated carbocycles. The van der Waals surface area contributed by atoms with E-state index in [2.05, 4.69) is 5.32 Å². The van der Waals surface area contributed by atoms with Gasteiger partial charge >= 0.3 is 0 Å². The number of nitrogens with one attached hydrogen (secondary N) is 1. The molecule has 0 bridgehead atoms. The Balaban J connectivity index is 2.14. The lowest BCUT2D eigenvalue weighted by Gasteiger charge is -2.27. The van der Waals surface area contributed by atoms with Crippen molar-refractivity contribution >= 4 is 11.4 Å². The number of ether oxygens (including phenoxy) is 1. The Morgan fingerprint density at radius 1 is 1.45 bits per heavy atom. The van der Waals surface area contributed by atoms with Crippen molar-refractivity contribution in [3.8, 4) is 5.75 Å². The Bertz CT molecular complexity index is 484. The van der Waals surface area contributed by atoms with E-state index in [1.54, 1.807) is 12.1 Å². The fourth-order valence-electron chi connectivity index (χ4n) is 2.74. The van der Waals surface area contributed by atoms with Crippen LogP contribution in [0, 0.1) is 15.5 Å². The minimum absolute atomic E-state index is 0.00423. The Kier molecular flexibility index (Phi) is 4.44. The summed E-state index contributed by atoms with van der Waals surface area (Å²) in [7, 11) is 1.48. The van der Waals surface area contributed by atoms with E-state index in [0.717, 1.165) is 25.7 Å². The van der Waals surface area contributed by atoms with Gasteiger partial charge in [0.05, 0.1) is 24.7 Å². The van der Waals surface area contributed by atoms with Crippen LogP contribution in [0.5, 0.6) is 5.75 Å². The molecule has 1 aliphatic rings. The number of methoxy groups -OCH3 is 1. The molecule has 1 aliphatic carbocycles. The lowest BCUT2D eigenvalue weighted by molar-refractivity contribution is -0.384. The van der Waals surface area contributed by atoms with Crippen molar-refractivity contribution in [3.05, 3.63) is 28.3 Å². The van der Waals surface area contributed by atoms with E-state index in [4.69, 9.17) is 4.74 Å². The molecule has 0 heterocycles. The van der Waals surface area contributed by atoms with Gasteiger partial charge in [-0.25, -0.2) is 0 Å². The zero-order valence-corrected chi connectivity index (χ0v) is 11.6. The van der Waals surface area contributed by atoms with Gasteiger partial charge in [0, 0.05) is 12.0 Å². The van der Waals surface area contributed by atoms with Gasteiger partial charge in [0.25, 0.3) is 5.69 Å². The van der Waals surface area contributed by atoms with E-state index in [-0.39, 0.29) is 17.7 Å². The van der Waals surface area contributed by atoms with Crippen LogP contribution in [-0.4, -0.2) is 30.3 Å². The Morgan fingerprint density at radius 2 is 2.15 bits per heavy atom. The Hall–Kier alpha value is -1.82. The van der Waals surface area contributed by atoms with Gasteiger partial charge in [-0.15, -0.1) is 0 Å². The minimum atomic E-state index is -0.425. The van der Waals surface area contributed by atoms with Gasteiger partial charge in [0.2, 0.25) is 0 Å². The van der Waals surface area contributed by atoms with Gasteiger partial charge in [-0.1, -0.05) is 12.8 Å². The lowest BCUT2D eigenvalue weighted by atomic mass is 9.87. The van der Waals surface area contributed by atoms with Crippen LogP contribution in [0.15, 0.2) is 18.2 Å². The standard InChI is InChI=1S/C14H20N2O4/c1-20-11-4-5-12(13(8-11)16(18)19)15-9-14(10-17)6-2-3-7-14/h4-5,8,15,17H,2-3,6-7,9-10H2,1H3. The normalized spacial score (nSPS) is 16.9. The monoisotopic (exact) mass is 280 g/mol. The van der Waals surface area contributed by atoms with E-state index in [9.17, 15) is 15.2 Å². The first-order valence-electron chi connectivity index (χ1n) is 6.77. The van der Waals surface area contributed by atoms with Crippen molar-refractivity contribution in [3.63, 3.8) is 0 Å². The highest BCUT2D eigenvalue weighted by Gasteiger charge is 2.33. The predicted octanol–water partition coefficient (Wildman–Crippen LogP) is 2.57. The van der Waals surface area contributed by atoms with Gasteiger partial charge in [0.1, 0.15) is 11.4 Å². The number of hydrogen-bond acceptors (Lipinski definition) is 5. The second-order valence-electron chi connectivity index (χ2n) is 5.36.